The minimum absolute atomic E-state index is 0.0127. The Morgan fingerprint density at radius 2 is 1.76 bits per heavy atom. The van der Waals surface area contributed by atoms with Gasteiger partial charge in [0.1, 0.15) is 15.7 Å². The molecule has 1 aromatic rings. The van der Waals surface area contributed by atoms with Gasteiger partial charge in [-0.2, -0.15) is 4.31 Å². The van der Waals surface area contributed by atoms with Crippen molar-refractivity contribution in [1.82, 2.24) is 4.31 Å². The summed E-state index contributed by atoms with van der Waals surface area (Å²) in [5.74, 6) is 0.362. The lowest BCUT2D eigenvalue weighted by molar-refractivity contribution is 0.286. The molecule has 118 valence electrons. The van der Waals surface area contributed by atoms with E-state index in [1.807, 2.05) is 0 Å². The maximum Gasteiger partial charge on any atom is 0.244 e. The zero-order valence-electron chi connectivity index (χ0n) is 12.1. The monoisotopic (exact) mass is 351 g/mol. The topological polar surface area (TPSA) is 46.6 Å². The number of halogens is 2. The molecule has 7 heteroatoms. The summed E-state index contributed by atoms with van der Waals surface area (Å²) in [4.78, 5) is 0.0306. The normalized spacial score (nSPS) is 17.2. The lowest BCUT2D eigenvalue weighted by Gasteiger charge is -2.30. The van der Waals surface area contributed by atoms with Gasteiger partial charge in [0, 0.05) is 13.1 Å². The van der Waals surface area contributed by atoms with Crippen molar-refractivity contribution in [2.24, 2.45) is 0 Å². The predicted octanol–water partition coefficient (Wildman–Crippen LogP) is 3.96. The number of ether oxygens (including phenoxy) is 1. The molecule has 0 aromatic heterocycles. The average molecular weight is 352 g/mol. The Morgan fingerprint density at radius 1 is 1.14 bits per heavy atom. The third-order valence-corrected chi connectivity index (χ3v) is 6.91. The molecular formula is C14H19Cl2NO3S. The van der Waals surface area contributed by atoms with E-state index in [2.05, 4.69) is 0 Å². The molecule has 0 heterocycles. The van der Waals surface area contributed by atoms with Gasteiger partial charge in [-0.3, -0.25) is 0 Å². The van der Waals surface area contributed by atoms with E-state index in [9.17, 15) is 8.42 Å². The summed E-state index contributed by atoms with van der Waals surface area (Å²) in [5.41, 5.74) is 0. The highest BCUT2D eigenvalue weighted by molar-refractivity contribution is 7.89. The highest BCUT2D eigenvalue weighted by atomic mass is 35.5. The first kappa shape index (κ1) is 16.9. The number of nitrogens with zero attached hydrogens (tertiary/aromatic N) is 1. The van der Waals surface area contributed by atoms with Crippen molar-refractivity contribution in [3.63, 3.8) is 0 Å². The molecule has 2 rings (SSSR count). The number of benzene rings is 1. The maximum absolute atomic E-state index is 12.7. The van der Waals surface area contributed by atoms with E-state index >= 15 is 0 Å². The zero-order valence-corrected chi connectivity index (χ0v) is 14.4. The Labute approximate surface area is 136 Å². The molecule has 1 fully saturated rings. The Hall–Kier alpha value is -0.490. The third kappa shape index (κ3) is 3.31. The Morgan fingerprint density at radius 3 is 2.33 bits per heavy atom. The lowest BCUT2D eigenvalue weighted by atomic mass is 9.96. The van der Waals surface area contributed by atoms with Crippen LogP contribution in [0.1, 0.15) is 32.1 Å². The molecule has 1 aliphatic carbocycles. The fraction of sp³-hybridized carbons (Fsp3) is 0.571. The van der Waals surface area contributed by atoms with E-state index in [0.717, 1.165) is 25.7 Å². The molecule has 4 nitrogen and oxygen atoms in total. The van der Waals surface area contributed by atoms with Crippen LogP contribution in [-0.2, 0) is 10.0 Å². The van der Waals surface area contributed by atoms with E-state index < -0.39 is 10.0 Å². The van der Waals surface area contributed by atoms with Crippen molar-refractivity contribution in [3.05, 3.63) is 22.2 Å². The van der Waals surface area contributed by atoms with Crippen molar-refractivity contribution >= 4 is 33.2 Å². The summed E-state index contributed by atoms with van der Waals surface area (Å²) in [5, 5.41) is 0.135. The van der Waals surface area contributed by atoms with E-state index in [4.69, 9.17) is 27.9 Å². The molecule has 0 atom stereocenters. The first-order chi connectivity index (χ1) is 9.89. The Kier molecular flexibility index (Phi) is 5.41. The van der Waals surface area contributed by atoms with Crippen LogP contribution < -0.4 is 4.74 Å². The third-order valence-electron chi connectivity index (χ3n) is 3.98. The van der Waals surface area contributed by atoms with Gasteiger partial charge in [-0.05, 0) is 25.0 Å². The van der Waals surface area contributed by atoms with Gasteiger partial charge in [0.25, 0.3) is 0 Å². The number of rotatable bonds is 4. The quantitative estimate of drug-likeness (QED) is 0.824. The molecule has 0 radical (unpaired) electrons. The molecule has 0 bridgehead atoms. The first-order valence-corrected chi connectivity index (χ1v) is 9.09. The standard InChI is InChI=1S/C14H19Cl2NO3S/c1-17(10-6-4-3-5-7-10)21(18,19)12-9-8-11(20-2)13(15)14(12)16/h8-10H,3-7H2,1-2H3. The number of hydrogen-bond acceptors (Lipinski definition) is 3. The van der Waals surface area contributed by atoms with Crippen LogP contribution in [0.4, 0.5) is 0 Å². The fourth-order valence-electron chi connectivity index (χ4n) is 2.67. The van der Waals surface area contributed by atoms with Crippen LogP contribution in [-0.4, -0.2) is 32.9 Å². The summed E-state index contributed by atoms with van der Waals surface area (Å²) >= 11 is 12.2. The molecule has 1 aliphatic rings. The van der Waals surface area contributed by atoms with Crippen LogP contribution >= 0.6 is 23.2 Å². The van der Waals surface area contributed by atoms with Crippen LogP contribution in [0, 0.1) is 0 Å². The van der Waals surface area contributed by atoms with E-state index in [1.54, 1.807) is 7.05 Å². The molecular weight excluding hydrogens is 333 g/mol. The second kappa shape index (κ2) is 6.73. The van der Waals surface area contributed by atoms with E-state index in [0.29, 0.717) is 5.75 Å². The van der Waals surface area contributed by atoms with Crippen molar-refractivity contribution in [2.75, 3.05) is 14.2 Å². The van der Waals surface area contributed by atoms with E-state index in [-0.39, 0.29) is 21.0 Å². The summed E-state index contributed by atoms with van der Waals surface area (Å²) in [6.07, 6.45) is 5.05. The summed E-state index contributed by atoms with van der Waals surface area (Å²) in [7, 11) is -0.586. The van der Waals surface area contributed by atoms with Gasteiger partial charge in [-0.1, -0.05) is 42.5 Å². The molecule has 0 spiro atoms. The van der Waals surface area contributed by atoms with Crippen LogP contribution in [0.5, 0.6) is 5.75 Å². The first-order valence-electron chi connectivity index (χ1n) is 6.89. The largest absolute Gasteiger partial charge is 0.495 e. The maximum atomic E-state index is 12.7. The highest BCUT2D eigenvalue weighted by Crippen LogP contribution is 2.38. The Balaban J connectivity index is 2.37. The Bertz CT molecular complexity index is 613. The fourth-order valence-corrected chi connectivity index (χ4v) is 4.90. The summed E-state index contributed by atoms with van der Waals surface area (Å²) in [6, 6.07) is 3.00. The van der Waals surface area contributed by atoms with Gasteiger partial charge >= 0.3 is 0 Å². The van der Waals surface area contributed by atoms with Crippen molar-refractivity contribution in [3.8, 4) is 5.75 Å². The van der Waals surface area contributed by atoms with Gasteiger partial charge in [0.15, 0.2) is 0 Å². The van der Waals surface area contributed by atoms with Crippen LogP contribution in [0.3, 0.4) is 0 Å². The molecule has 0 N–H and O–H groups in total. The van der Waals surface area contributed by atoms with Gasteiger partial charge < -0.3 is 4.74 Å². The van der Waals surface area contributed by atoms with Gasteiger partial charge in [0.2, 0.25) is 10.0 Å². The van der Waals surface area contributed by atoms with E-state index in [1.165, 1.54) is 30.0 Å². The smallest absolute Gasteiger partial charge is 0.244 e. The predicted molar refractivity (Wildman–Crippen MR) is 84.8 cm³/mol. The minimum atomic E-state index is -3.66. The molecule has 1 aromatic carbocycles. The van der Waals surface area contributed by atoms with Crippen molar-refractivity contribution in [1.29, 1.82) is 0 Å². The van der Waals surface area contributed by atoms with Crippen LogP contribution in [0.25, 0.3) is 0 Å². The highest BCUT2D eigenvalue weighted by Gasteiger charge is 2.31. The van der Waals surface area contributed by atoms with Crippen LogP contribution in [0.2, 0.25) is 10.0 Å². The molecule has 1 saturated carbocycles. The number of methoxy groups -OCH3 is 1. The second-order valence-electron chi connectivity index (χ2n) is 5.21. The molecule has 0 aliphatic heterocycles. The van der Waals surface area contributed by atoms with Crippen molar-refractivity contribution in [2.45, 2.75) is 43.0 Å². The van der Waals surface area contributed by atoms with Gasteiger partial charge in [0.05, 0.1) is 12.1 Å². The van der Waals surface area contributed by atoms with Gasteiger partial charge in [-0.15, -0.1) is 0 Å². The lowest BCUT2D eigenvalue weighted by Crippen LogP contribution is -2.38. The molecule has 0 unspecified atom stereocenters. The minimum Gasteiger partial charge on any atom is -0.495 e. The van der Waals surface area contributed by atoms with Crippen molar-refractivity contribution < 1.29 is 13.2 Å². The SMILES string of the molecule is COc1ccc(S(=O)(=O)N(C)C2CCCCC2)c(Cl)c1Cl. The van der Waals surface area contributed by atoms with Crippen LogP contribution in [0.15, 0.2) is 17.0 Å². The molecule has 0 saturated heterocycles. The van der Waals surface area contributed by atoms with Gasteiger partial charge in [-0.25, -0.2) is 8.42 Å². The summed E-state index contributed by atoms with van der Waals surface area (Å²) in [6.45, 7) is 0. The number of sulfonamides is 1. The second-order valence-corrected chi connectivity index (χ2v) is 7.93. The average Bonchev–Trinajstić information content (AvgIpc) is 2.49. The zero-order chi connectivity index (χ0) is 15.6. The number of hydrogen-bond donors (Lipinski definition) is 0. The molecule has 21 heavy (non-hydrogen) atoms. The summed E-state index contributed by atoms with van der Waals surface area (Å²) < 4.78 is 32.0. The molecule has 0 amide bonds.